The minimum atomic E-state index is -4.51. The van der Waals surface area contributed by atoms with Gasteiger partial charge < -0.3 is 5.32 Å². The summed E-state index contributed by atoms with van der Waals surface area (Å²) in [6, 6.07) is 13.1. The lowest BCUT2D eigenvalue weighted by atomic mass is 10.0. The van der Waals surface area contributed by atoms with Crippen LogP contribution < -0.4 is 5.32 Å². The smallest absolute Gasteiger partial charge is 0.338 e. The highest BCUT2D eigenvalue weighted by atomic mass is 35.5. The Labute approximate surface area is 182 Å². The Balaban J connectivity index is 0.000000326. The molecule has 29 heavy (non-hydrogen) atoms. The highest BCUT2D eigenvalue weighted by molar-refractivity contribution is 6.67. The minimum Gasteiger partial charge on any atom is -0.338 e. The van der Waals surface area contributed by atoms with E-state index in [-0.39, 0.29) is 11.4 Å². The number of nitrogens with one attached hydrogen (secondary N) is 1. The zero-order valence-corrected chi connectivity index (χ0v) is 17.9. The molecular formula is C20H19Cl3F3NO2. The van der Waals surface area contributed by atoms with Crippen molar-refractivity contribution in [2.45, 2.75) is 37.3 Å². The predicted octanol–water partition coefficient (Wildman–Crippen LogP) is 6.30. The van der Waals surface area contributed by atoms with Crippen LogP contribution in [0.25, 0.3) is 0 Å². The standard InChI is InChI=1S/C12H13ClF3NO.C8H6Cl2O/c1-11(2,12(14,15)16)17-10(18)9-5-3-4-8(6-9)7-13;9-5-6-2-1-3-7(4-6)8(10)11/h3-6H,7H2,1-2H3,(H,17,18);1-4H,5H2. The molecule has 0 atom stereocenters. The van der Waals surface area contributed by atoms with Gasteiger partial charge in [0, 0.05) is 22.9 Å². The maximum Gasteiger partial charge on any atom is 0.410 e. The Morgan fingerprint density at radius 3 is 1.76 bits per heavy atom. The molecule has 0 saturated carbocycles. The fraction of sp³-hybridized carbons (Fsp3) is 0.300. The number of halogens is 6. The molecule has 2 aromatic carbocycles. The van der Waals surface area contributed by atoms with Crippen LogP contribution in [0.5, 0.6) is 0 Å². The van der Waals surface area contributed by atoms with Crippen molar-refractivity contribution in [1.82, 2.24) is 5.32 Å². The number of benzene rings is 2. The van der Waals surface area contributed by atoms with Crippen molar-refractivity contribution < 1.29 is 22.8 Å². The lowest BCUT2D eigenvalue weighted by molar-refractivity contribution is -0.182. The van der Waals surface area contributed by atoms with Gasteiger partial charge in [-0.05, 0) is 54.8 Å². The van der Waals surface area contributed by atoms with Gasteiger partial charge in [0.15, 0.2) is 0 Å². The Hall–Kier alpha value is -1.76. The summed E-state index contributed by atoms with van der Waals surface area (Å²) >= 11 is 16.4. The molecule has 0 radical (unpaired) electrons. The van der Waals surface area contributed by atoms with Crippen molar-refractivity contribution in [2.24, 2.45) is 0 Å². The van der Waals surface area contributed by atoms with Crippen LogP contribution in [0.4, 0.5) is 13.2 Å². The van der Waals surface area contributed by atoms with E-state index in [0.29, 0.717) is 17.0 Å². The number of carbonyl (C=O) groups is 2. The summed E-state index contributed by atoms with van der Waals surface area (Å²) in [4.78, 5) is 22.4. The van der Waals surface area contributed by atoms with Gasteiger partial charge in [-0.1, -0.05) is 30.3 Å². The molecule has 1 amide bonds. The lowest BCUT2D eigenvalue weighted by Gasteiger charge is -2.28. The van der Waals surface area contributed by atoms with Gasteiger partial charge in [-0.2, -0.15) is 13.2 Å². The van der Waals surface area contributed by atoms with Crippen LogP contribution in [-0.4, -0.2) is 22.9 Å². The third kappa shape index (κ3) is 7.88. The van der Waals surface area contributed by atoms with E-state index in [0.717, 1.165) is 19.4 Å². The fourth-order valence-corrected chi connectivity index (χ4v) is 2.45. The monoisotopic (exact) mass is 467 g/mol. The van der Waals surface area contributed by atoms with Crippen molar-refractivity contribution in [3.05, 3.63) is 70.8 Å². The second-order valence-electron chi connectivity index (χ2n) is 6.52. The first-order chi connectivity index (χ1) is 13.4. The van der Waals surface area contributed by atoms with Crippen molar-refractivity contribution in [1.29, 1.82) is 0 Å². The van der Waals surface area contributed by atoms with Crippen LogP contribution in [0.2, 0.25) is 0 Å². The van der Waals surface area contributed by atoms with Gasteiger partial charge in [0.05, 0.1) is 0 Å². The first-order valence-electron chi connectivity index (χ1n) is 8.30. The summed E-state index contributed by atoms with van der Waals surface area (Å²) in [5.41, 5.74) is -0.0521. The van der Waals surface area contributed by atoms with Crippen LogP contribution in [-0.2, 0) is 11.8 Å². The molecule has 9 heteroatoms. The molecule has 0 aromatic heterocycles. The zero-order valence-electron chi connectivity index (χ0n) is 15.6. The molecule has 0 bridgehead atoms. The second kappa shape index (κ2) is 10.9. The zero-order chi connectivity index (χ0) is 22.2. The Bertz CT molecular complexity index is 855. The van der Waals surface area contributed by atoms with E-state index >= 15 is 0 Å². The number of alkyl halides is 5. The third-order valence-electron chi connectivity index (χ3n) is 3.79. The molecule has 1 N–H and O–H groups in total. The number of hydrogen-bond acceptors (Lipinski definition) is 2. The van der Waals surface area contributed by atoms with Gasteiger partial charge >= 0.3 is 6.18 Å². The summed E-state index contributed by atoms with van der Waals surface area (Å²) in [6.45, 7) is 1.83. The number of carbonyl (C=O) groups excluding carboxylic acids is 2. The molecule has 2 rings (SSSR count). The van der Waals surface area contributed by atoms with Crippen molar-refractivity contribution in [3.63, 3.8) is 0 Å². The Morgan fingerprint density at radius 1 is 0.897 bits per heavy atom. The summed E-state index contributed by atoms with van der Waals surface area (Å²) < 4.78 is 37.9. The van der Waals surface area contributed by atoms with Gasteiger partial charge in [0.25, 0.3) is 11.1 Å². The molecular weight excluding hydrogens is 450 g/mol. The van der Waals surface area contributed by atoms with Crippen LogP contribution in [0, 0.1) is 0 Å². The highest BCUT2D eigenvalue weighted by Gasteiger charge is 2.48. The molecule has 0 saturated heterocycles. The largest absolute Gasteiger partial charge is 0.410 e. The Morgan fingerprint density at radius 2 is 1.34 bits per heavy atom. The highest BCUT2D eigenvalue weighted by Crippen LogP contribution is 2.29. The number of rotatable bonds is 5. The summed E-state index contributed by atoms with van der Waals surface area (Å²) in [5.74, 6) is -0.175. The van der Waals surface area contributed by atoms with E-state index in [1.165, 1.54) is 12.1 Å². The minimum absolute atomic E-state index is 0.158. The molecule has 2 aromatic rings. The molecule has 3 nitrogen and oxygen atoms in total. The first kappa shape index (κ1) is 25.3. The molecule has 0 unspecified atom stereocenters. The maximum absolute atomic E-state index is 12.6. The SMILES string of the molecule is CC(C)(NC(=O)c1cccc(CCl)c1)C(F)(F)F.O=C(Cl)c1cccc(CCl)c1. The lowest BCUT2D eigenvalue weighted by Crippen LogP contribution is -2.54. The van der Waals surface area contributed by atoms with E-state index in [9.17, 15) is 22.8 Å². The van der Waals surface area contributed by atoms with Crippen LogP contribution >= 0.6 is 34.8 Å². The fourth-order valence-electron chi connectivity index (χ4n) is 2.00. The van der Waals surface area contributed by atoms with E-state index in [4.69, 9.17) is 34.8 Å². The molecule has 0 spiro atoms. The van der Waals surface area contributed by atoms with E-state index in [1.807, 2.05) is 11.4 Å². The van der Waals surface area contributed by atoms with Gasteiger partial charge in [-0.15, -0.1) is 23.2 Å². The van der Waals surface area contributed by atoms with E-state index in [2.05, 4.69) is 0 Å². The molecule has 158 valence electrons. The molecule has 0 aliphatic rings. The third-order valence-corrected chi connectivity index (χ3v) is 4.62. The van der Waals surface area contributed by atoms with Crippen molar-refractivity contribution >= 4 is 46.0 Å². The second-order valence-corrected chi connectivity index (χ2v) is 7.40. The average Bonchev–Trinajstić information content (AvgIpc) is 2.67. The van der Waals surface area contributed by atoms with E-state index < -0.39 is 22.9 Å². The van der Waals surface area contributed by atoms with Gasteiger partial charge in [-0.3, -0.25) is 9.59 Å². The van der Waals surface area contributed by atoms with Gasteiger partial charge in [0.1, 0.15) is 5.54 Å². The van der Waals surface area contributed by atoms with Gasteiger partial charge in [0.2, 0.25) is 0 Å². The van der Waals surface area contributed by atoms with Crippen LogP contribution in [0.15, 0.2) is 48.5 Å². The molecule has 0 fully saturated rings. The topological polar surface area (TPSA) is 46.2 Å². The predicted molar refractivity (Wildman–Crippen MR) is 110 cm³/mol. The molecule has 0 aliphatic heterocycles. The normalized spacial score (nSPS) is 11.3. The summed E-state index contributed by atoms with van der Waals surface area (Å²) in [7, 11) is 0. The Kier molecular flexibility index (Phi) is 9.46. The van der Waals surface area contributed by atoms with E-state index in [1.54, 1.807) is 30.3 Å². The van der Waals surface area contributed by atoms with Crippen LogP contribution in [0.3, 0.4) is 0 Å². The first-order valence-corrected chi connectivity index (χ1v) is 9.75. The quantitative estimate of drug-likeness (QED) is 0.413. The molecule has 0 heterocycles. The summed E-state index contributed by atoms with van der Waals surface area (Å²) in [5, 5.41) is 1.51. The van der Waals surface area contributed by atoms with Crippen molar-refractivity contribution in [3.8, 4) is 0 Å². The average molecular weight is 469 g/mol. The van der Waals surface area contributed by atoms with Crippen LogP contribution in [0.1, 0.15) is 45.7 Å². The maximum atomic E-state index is 12.6. The molecule has 0 aliphatic carbocycles. The summed E-state index contributed by atoms with van der Waals surface area (Å²) in [6.07, 6.45) is -4.51. The number of hydrogen-bond donors (Lipinski definition) is 1. The van der Waals surface area contributed by atoms with Gasteiger partial charge in [-0.25, -0.2) is 0 Å². The number of amides is 1. The van der Waals surface area contributed by atoms with Crippen molar-refractivity contribution in [2.75, 3.05) is 0 Å².